The lowest BCUT2D eigenvalue weighted by Gasteiger charge is -2.33. The summed E-state index contributed by atoms with van der Waals surface area (Å²) >= 11 is 0. The highest BCUT2D eigenvalue weighted by molar-refractivity contribution is 6.00. The van der Waals surface area contributed by atoms with Crippen molar-refractivity contribution in [3.8, 4) is 5.75 Å². The van der Waals surface area contributed by atoms with Gasteiger partial charge in [0.25, 0.3) is 0 Å². The van der Waals surface area contributed by atoms with Crippen molar-refractivity contribution >= 4 is 5.78 Å². The molecule has 0 amide bonds. The molecule has 2 aliphatic rings. The molecule has 5 rings (SSSR count). The first-order valence-electron chi connectivity index (χ1n) is 12.4. The van der Waals surface area contributed by atoms with Gasteiger partial charge in [0.15, 0.2) is 5.78 Å². The number of rotatable bonds is 7. The van der Waals surface area contributed by atoms with Crippen molar-refractivity contribution in [3.63, 3.8) is 0 Å². The Morgan fingerprint density at radius 1 is 0.848 bits per heavy atom. The second kappa shape index (κ2) is 10.4. The van der Waals surface area contributed by atoms with Crippen molar-refractivity contribution < 1.29 is 9.53 Å². The first kappa shape index (κ1) is 21.9. The van der Waals surface area contributed by atoms with E-state index in [1.807, 2.05) is 30.3 Å². The van der Waals surface area contributed by atoms with E-state index in [4.69, 9.17) is 4.74 Å². The van der Waals surface area contributed by atoms with Crippen LogP contribution in [0.25, 0.3) is 0 Å². The van der Waals surface area contributed by atoms with Crippen LogP contribution in [0.5, 0.6) is 5.75 Å². The van der Waals surface area contributed by atoms with Crippen LogP contribution >= 0.6 is 0 Å². The second-order valence-corrected chi connectivity index (χ2v) is 9.51. The number of benzene rings is 3. The highest BCUT2D eigenvalue weighted by Gasteiger charge is 2.28. The van der Waals surface area contributed by atoms with E-state index in [0.717, 1.165) is 61.3 Å². The largest absolute Gasteiger partial charge is 0.489 e. The van der Waals surface area contributed by atoms with Crippen LogP contribution in [0.2, 0.25) is 0 Å². The molecule has 1 aliphatic carbocycles. The highest BCUT2D eigenvalue weighted by Crippen LogP contribution is 2.32. The van der Waals surface area contributed by atoms with E-state index in [2.05, 4.69) is 53.4 Å². The molecule has 1 aliphatic heterocycles. The molecule has 0 N–H and O–H groups in total. The summed E-state index contributed by atoms with van der Waals surface area (Å²) in [5, 5.41) is 0. The fourth-order valence-electron chi connectivity index (χ4n) is 5.36. The number of Topliss-reactive ketones (excluding diaryl/α,β-unsaturated/α-hetero) is 1. The number of aryl methyl sites for hydroxylation is 1. The van der Waals surface area contributed by atoms with E-state index in [9.17, 15) is 4.79 Å². The Morgan fingerprint density at radius 3 is 2.33 bits per heavy atom. The maximum atomic E-state index is 13.2. The quantitative estimate of drug-likeness (QED) is 0.434. The fraction of sp³-hybridized carbons (Fsp3) is 0.367. The smallest absolute Gasteiger partial charge is 0.166 e. The molecule has 0 bridgehead atoms. The van der Waals surface area contributed by atoms with Gasteiger partial charge in [-0.1, -0.05) is 60.7 Å². The molecule has 3 heteroatoms. The van der Waals surface area contributed by atoms with Crippen LogP contribution in [0.15, 0.2) is 78.9 Å². The molecule has 3 aromatic rings. The topological polar surface area (TPSA) is 29.5 Å². The van der Waals surface area contributed by atoms with Gasteiger partial charge in [-0.25, -0.2) is 0 Å². The standard InChI is InChI=1S/C30H33NO2/c32-30-26(17-20-31-18-15-25(16-19-31)24-9-5-2-6-10-24)11-12-27-21-28(13-14-29(27)30)33-22-23-7-3-1-4-8-23/h1-10,13-14,21,25-26H,11-12,15-20,22H2. The van der Waals surface area contributed by atoms with Gasteiger partial charge < -0.3 is 9.64 Å². The summed E-state index contributed by atoms with van der Waals surface area (Å²) in [5.74, 6) is 2.01. The number of ketones is 1. The Bertz CT molecular complexity index is 1060. The summed E-state index contributed by atoms with van der Waals surface area (Å²) in [7, 11) is 0. The summed E-state index contributed by atoms with van der Waals surface area (Å²) in [6.45, 7) is 3.86. The Labute approximate surface area is 197 Å². The van der Waals surface area contributed by atoms with Gasteiger partial charge in [-0.2, -0.15) is 0 Å². The summed E-state index contributed by atoms with van der Waals surface area (Å²) in [6.07, 6.45) is 5.33. The number of ether oxygens (including phenoxy) is 1. The third kappa shape index (κ3) is 5.36. The Hall–Kier alpha value is -2.91. The van der Waals surface area contributed by atoms with E-state index in [1.54, 1.807) is 0 Å². The Morgan fingerprint density at radius 2 is 1.58 bits per heavy atom. The molecule has 1 atom stereocenters. The number of fused-ring (bicyclic) bond motifs is 1. The van der Waals surface area contributed by atoms with Gasteiger partial charge >= 0.3 is 0 Å². The van der Waals surface area contributed by atoms with Crippen LogP contribution in [-0.2, 0) is 13.0 Å². The van der Waals surface area contributed by atoms with E-state index in [1.165, 1.54) is 18.4 Å². The monoisotopic (exact) mass is 439 g/mol. The lowest BCUT2D eigenvalue weighted by Crippen LogP contribution is -2.35. The van der Waals surface area contributed by atoms with Gasteiger partial charge in [0.2, 0.25) is 0 Å². The fourth-order valence-corrected chi connectivity index (χ4v) is 5.36. The zero-order valence-corrected chi connectivity index (χ0v) is 19.3. The number of carbonyl (C=O) groups excluding carboxylic acids is 1. The third-order valence-electron chi connectivity index (χ3n) is 7.38. The SMILES string of the molecule is O=C1c2ccc(OCc3ccccc3)cc2CCC1CCN1CCC(c2ccccc2)CC1. The molecule has 1 fully saturated rings. The molecule has 0 aromatic heterocycles. The molecule has 1 unspecified atom stereocenters. The number of nitrogens with zero attached hydrogens (tertiary/aromatic N) is 1. The molecule has 0 saturated carbocycles. The maximum Gasteiger partial charge on any atom is 0.166 e. The Kier molecular flexibility index (Phi) is 6.87. The van der Waals surface area contributed by atoms with Crippen LogP contribution in [0.3, 0.4) is 0 Å². The molecule has 0 radical (unpaired) electrons. The molecule has 170 valence electrons. The van der Waals surface area contributed by atoms with Crippen LogP contribution in [0.1, 0.15) is 58.6 Å². The van der Waals surface area contributed by atoms with Crippen molar-refractivity contribution in [1.82, 2.24) is 4.90 Å². The molecule has 0 spiro atoms. The van der Waals surface area contributed by atoms with Crippen LogP contribution in [0, 0.1) is 5.92 Å². The summed E-state index contributed by atoms with van der Waals surface area (Å²) in [6, 6.07) is 27.1. The summed E-state index contributed by atoms with van der Waals surface area (Å²) in [4.78, 5) is 15.7. The van der Waals surface area contributed by atoms with Crippen molar-refractivity contribution in [3.05, 3.63) is 101 Å². The number of hydrogen-bond acceptors (Lipinski definition) is 3. The van der Waals surface area contributed by atoms with E-state index >= 15 is 0 Å². The van der Waals surface area contributed by atoms with Gasteiger partial charge in [-0.3, -0.25) is 4.79 Å². The first-order chi connectivity index (χ1) is 16.3. The second-order valence-electron chi connectivity index (χ2n) is 9.51. The molecule has 1 saturated heterocycles. The number of piperidine rings is 1. The van der Waals surface area contributed by atoms with E-state index in [0.29, 0.717) is 18.3 Å². The minimum absolute atomic E-state index is 0.153. The third-order valence-corrected chi connectivity index (χ3v) is 7.38. The molecule has 1 heterocycles. The van der Waals surface area contributed by atoms with Gasteiger partial charge in [-0.15, -0.1) is 0 Å². The average Bonchev–Trinajstić information content (AvgIpc) is 2.88. The van der Waals surface area contributed by atoms with E-state index in [-0.39, 0.29) is 5.92 Å². The number of hydrogen-bond donors (Lipinski definition) is 0. The maximum absolute atomic E-state index is 13.2. The average molecular weight is 440 g/mol. The van der Waals surface area contributed by atoms with Crippen LogP contribution in [-0.4, -0.2) is 30.3 Å². The summed E-state index contributed by atoms with van der Waals surface area (Å²) < 4.78 is 5.97. The lowest BCUT2D eigenvalue weighted by molar-refractivity contribution is 0.0877. The van der Waals surface area contributed by atoms with Gasteiger partial charge in [0, 0.05) is 11.5 Å². The van der Waals surface area contributed by atoms with Crippen molar-refractivity contribution in [2.75, 3.05) is 19.6 Å². The van der Waals surface area contributed by atoms with Crippen molar-refractivity contribution in [2.45, 2.75) is 44.6 Å². The minimum atomic E-state index is 0.153. The van der Waals surface area contributed by atoms with Crippen LogP contribution in [0.4, 0.5) is 0 Å². The highest BCUT2D eigenvalue weighted by atomic mass is 16.5. The van der Waals surface area contributed by atoms with Gasteiger partial charge in [0.1, 0.15) is 12.4 Å². The molecular formula is C30H33NO2. The zero-order valence-electron chi connectivity index (χ0n) is 19.3. The number of carbonyl (C=O) groups is 1. The molecular weight excluding hydrogens is 406 g/mol. The van der Waals surface area contributed by atoms with Gasteiger partial charge in [0.05, 0.1) is 0 Å². The zero-order chi connectivity index (χ0) is 22.5. The molecule has 3 aromatic carbocycles. The molecule has 3 nitrogen and oxygen atoms in total. The number of likely N-dealkylation sites (tertiary alicyclic amines) is 1. The van der Waals surface area contributed by atoms with Crippen LogP contribution < -0.4 is 4.74 Å². The predicted octanol–water partition coefficient (Wildman–Crippen LogP) is 6.28. The lowest BCUT2D eigenvalue weighted by atomic mass is 9.80. The Balaban J connectivity index is 1.12. The van der Waals surface area contributed by atoms with Crippen molar-refractivity contribution in [2.24, 2.45) is 5.92 Å². The normalized spacial score (nSPS) is 19.3. The van der Waals surface area contributed by atoms with Crippen molar-refractivity contribution in [1.29, 1.82) is 0 Å². The minimum Gasteiger partial charge on any atom is -0.489 e. The first-order valence-corrected chi connectivity index (χ1v) is 12.4. The van der Waals surface area contributed by atoms with Gasteiger partial charge in [-0.05, 0) is 92.5 Å². The molecule has 33 heavy (non-hydrogen) atoms. The van der Waals surface area contributed by atoms with E-state index < -0.39 is 0 Å². The summed E-state index contributed by atoms with van der Waals surface area (Å²) in [5.41, 5.74) is 4.68. The predicted molar refractivity (Wildman–Crippen MR) is 133 cm³/mol.